The first-order chi connectivity index (χ1) is 9.75. The second kappa shape index (κ2) is 5.91. The maximum absolute atomic E-state index is 13.1. The summed E-state index contributed by atoms with van der Waals surface area (Å²) in [5.41, 5.74) is -1.03. The summed E-state index contributed by atoms with van der Waals surface area (Å²) in [4.78, 5) is 3.58. The van der Waals surface area contributed by atoms with E-state index in [0.29, 0.717) is 6.20 Å². The second-order valence-corrected chi connectivity index (χ2v) is 5.16. The zero-order valence-corrected chi connectivity index (χ0v) is 12.7. The van der Waals surface area contributed by atoms with E-state index < -0.39 is 11.7 Å². The van der Waals surface area contributed by atoms with Crippen molar-refractivity contribution < 1.29 is 17.9 Å². The molecule has 0 aliphatic rings. The second-order valence-electron chi connectivity index (χ2n) is 3.99. The van der Waals surface area contributed by atoms with Gasteiger partial charge in [0, 0.05) is 23.4 Å². The van der Waals surface area contributed by atoms with Crippen molar-refractivity contribution in [2.24, 2.45) is 0 Å². The predicted molar refractivity (Wildman–Crippen MR) is 76.3 cm³/mol. The van der Waals surface area contributed by atoms with Crippen LogP contribution in [0, 0.1) is 0 Å². The van der Waals surface area contributed by atoms with Gasteiger partial charge in [-0.15, -0.1) is 0 Å². The highest BCUT2D eigenvalue weighted by atomic mass is 35.5. The Hall–Kier alpha value is -1.17. The van der Waals surface area contributed by atoms with E-state index in [-0.39, 0.29) is 32.1 Å². The van der Waals surface area contributed by atoms with Crippen LogP contribution in [-0.4, -0.2) is 12.1 Å². The number of ether oxygens (including phenoxy) is 1. The molecular weight excluding hydrogens is 350 g/mol. The normalized spacial score (nSPS) is 11.6. The first-order valence-electron chi connectivity index (χ1n) is 5.50. The Balaban J connectivity index is 2.75. The van der Waals surface area contributed by atoms with Gasteiger partial charge in [0.25, 0.3) is 0 Å². The standard InChI is InChI=1S/C13H7Cl3F3NO/c1-21-10-4-7(8(5-20-10)13(17,18)19)6-2-3-9(14)12(16)11(6)15/h2-5H,1H3. The van der Waals surface area contributed by atoms with E-state index in [1.165, 1.54) is 19.2 Å². The lowest BCUT2D eigenvalue weighted by atomic mass is 10.0. The van der Waals surface area contributed by atoms with Gasteiger partial charge in [0.1, 0.15) is 0 Å². The summed E-state index contributed by atoms with van der Waals surface area (Å²) in [6, 6.07) is 3.88. The SMILES string of the molecule is COc1cc(-c2ccc(Cl)c(Cl)c2Cl)c(C(F)(F)F)cn1. The molecule has 0 radical (unpaired) electrons. The number of alkyl halides is 3. The van der Waals surface area contributed by atoms with E-state index in [1.54, 1.807) is 0 Å². The highest BCUT2D eigenvalue weighted by molar-refractivity contribution is 6.49. The van der Waals surface area contributed by atoms with Crippen molar-refractivity contribution in [3.8, 4) is 17.0 Å². The van der Waals surface area contributed by atoms with Crippen LogP contribution in [-0.2, 0) is 6.18 Å². The van der Waals surface area contributed by atoms with Gasteiger partial charge in [0.2, 0.25) is 5.88 Å². The Morgan fingerprint density at radius 3 is 2.29 bits per heavy atom. The molecule has 1 aromatic carbocycles. The van der Waals surface area contributed by atoms with Crippen LogP contribution < -0.4 is 4.74 Å². The van der Waals surface area contributed by atoms with Gasteiger partial charge in [-0.1, -0.05) is 40.9 Å². The van der Waals surface area contributed by atoms with Crippen LogP contribution in [0.4, 0.5) is 13.2 Å². The number of hydrogen-bond acceptors (Lipinski definition) is 2. The molecule has 0 aliphatic carbocycles. The van der Waals surface area contributed by atoms with Crippen LogP contribution in [0.2, 0.25) is 15.1 Å². The van der Waals surface area contributed by atoms with Gasteiger partial charge in [-0.05, 0) is 6.07 Å². The molecule has 112 valence electrons. The van der Waals surface area contributed by atoms with Gasteiger partial charge in [0.05, 0.1) is 27.7 Å². The molecule has 0 unspecified atom stereocenters. The number of nitrogens with zero attached hydrogens (tertiary/aromatic N) is 1. The third kappa shape index (κ3) is 3.20. The molecule has 1 heterocycles. The first-order valence-corrected chi connectivity index (χ1v) is 6.64. The number of rotatable bonds is 2. The van der Waals surface area contributed by atoms with Crippen molar-refractivity contribution >= 4 is 34.8 Å². The molecule has 0 bridgehead atoms. The van der Waals surface area contributed by atoms with Gasteiger partial charge >= 0.3 is 6.18 Å². The van der Waals surface area contributed by atoms with Crippen LogP contribution in [0.15, 0.2) is 24.4 Å². The maximum Gasteiger partial charge on any atom is 0.418 e. The molecule has 2 aromatic rings. The molecule has 0 aliphatic heterocycles. The Morgan fingerprint density at radius 2 is 1.71 bits per heavy atom. The fourth-order valence-electron chi connectivity index (χ4n) is 1.73. The zero-order valence-electron chi connectivity index (χ0n) is 10.4. The van der Waals surface area contributed by atoms with Crippen LogP contribution in [0.1, 0.15) is 5.56 Å². The molecule has 0 saturated carbocycles. The van der Waals surface area contributed by atoms with Crippen molar-refractivity contribution in [2.75, 3.05) is 7.11 Å². The number of aromatic nitrogens is 1. The maximum atomic E-state index is 13.1. The van der Waals surface area contributed by atoms with E-state index in [4.69, 9.17) is 39.5 Å². The number of methoxy groups -OCH3 is 1. The quantitative estimate of drug-likeness (QED) is 0.640. The Bertz CT molecular complexity index is 689. The molecule has 0 saturated heterocycles. The lowest BCUT2D eigenvalue weighted by molar-refractivity contribution is -0.137. The number of halogens is 6. The van der Waals surface area contributed by atoms with Crippen LogP contribution in [0.3, 0.4) is 0 Å². The van der Waals surface area contributed by atoms with E-state index in [1.807, 2.05) is 0 Å². The van der Waals surface area contributed by atoms with Gasteiger partial charge in [-0.25, -0.2) is 4.98 Å². The molecule has 2 nitrogen and oxygen atoms in total. The Morgan fingerprint density at radius 1 is 1.05 bits per heavy atom. The Kier molecular flexibility index (Phi) is 4.56. The molecule has 0 N–H and O–H groups in total. The van der Waals surface area contributed by atoms with Crippen molar-refractivity contribution in [1.29, 1.82) is 0 Å². The van der Waals surface area contributed by atoms with Crippen molar-refractivity contribution in [3.05, 3.63) is 45.0 Å². The number of pyridine rings is 1. The van der Waals surface area contributed by atoms with Crippen LogP contribution in [0.25, 0.3) is 11.1 Å². The number of hydrogen-bond donors (Lipinski definition) is 0. The molecular formula is C13H7Cl3F3NO. The molecule has 0 spiro atoms. The summed E-state index contributed by atoms with van der Waals surface area (Å²) < 4.78 is 44.2. The summed E-state index contributed by atoms with van der Waals surface area (Å²) in [6.07, 6.45) is -3.91. The minimum absolute atomic E-state index is 0.0141. The average molecular weight is 357 g/mol. The summed E-state index contributed by atoms with van der Waals surface area (Å²) in [5, 5.41) is 0.0719. The van der Waals surface area contributed by atoms with Gasteiger partial charge in [-0.3, -0.25) is 0 Å². The largest absolute Gasteiger partial charge is 0.481 e. The lowest BCUT2D eigenvalue weighted by Gasteiger charge is -2.15. The minimum Gasteiger partial charge on any atom is -0.481 e. The van der Waals surface area contributed by atoms with Crippen LogP contribution >= 0.6 is 34.8 Å². The van der Waals surface area contributed by atoms with Crippen molar-refractivity contribution in [3.63, 3.8) is 0 Å². The molecule has 0 atom stereocenters. The lowest BCUT2D eigenvalue weighted by Crippen LogP contribution is -2.08. The highest BCUT2D eigenvalue weighted by Crippen LogP contribution is 2.43. The van der Waals surface area contributed by atoms with Crippen molar-refractivity contribution in [2.45, 2.75) is 6.18 Å². The first kappa shape index (κ1) is 16.2. The summed E-state index contributed by atoms with van der Waals surface area (Å²) >= 11 is 17.7. The summed E-state index contributed by atoms with van der Waals surface area (Å²) in [7, 11) is 1.30. The highest BCUT2D eigenvalue weighted by Gasteiger charge is 2.35. The molecule has 1 aromatic heterocycles. The van der Waals surface area contributed by atoms with E-state index in [9.17, 15) is 13.2 Å². The van der Waals surface area contributed by atoms with Crippen LogP contribution in [0.5, 0.6) is 5.88 Å². The molecule has 8 heteroatoms. The molecule has 0 fully saturated rings. The minimum atomic E-state index is -4.59. The van der Waals surface area contributed by atoms with Gasteiger partial charge in [-0.2, -0.15) is 13.2 Å². The van der Waals surface area contributed by atoms with Gasteiger partial charge < -0.3 is 4.74 Å². The fourth-order valence-corrected chi connectivity index (χ4v) is 2.37. The van der Waals surface area contributed by atoms with E-state index in [0.717, 1.165) is 6.07 Å². The topological polar surface area (TPSA) is 22.1 Å². The third-order valence-corrected chi connectivity index (χ3v) is 4.01. The fraction of sp³-hybridized carbons (Fsp3) is 0.154. The number of benzene rings is 1. The predicted octanol–water partition coefficient (Wildman–Crippen LogP) is 5.74. The van der Waals surface area contributed by atoms with Gasteiger partial charge in [0.15, 0.2) is 0 Å². The molecule has 21 heavy (non-hydrogen) atoms. The Labute approximate surface area is 133 Å². The molecule has 2 rings (SSSR count). The zero-order chi connectivity index (χ0) is 15.8. The smallest absolute Gasteiger partial charge is 0.418 e. The summed E-state index contributed by atoms with van der Waals surface area (Å²) in [5.74, 6) is 0.0279. The average Bonchev–Trinajstić information content (AvgIpc) is 2.43. The summed E-state index contributed by atoms with van der Waals surface area (Å²) in [6.45, 7) is 0. The third-order valence-electron chi connectivity index (χ3n) is 2.72. The molecule has 0 amide bonds. The van der Waals surface area contributed by atoms with Crippen molar-refractivity contribution in [1.82, 2.24) is 4.98 Å². The van der Waals surface area contributed by atoms with E-state index in [2.05, 4.69) is 4.98 Å². The monoisotopic (exact) mass is 355 g/mol. The van der Waals surface area contributed by atoms with E-state index >= 15 is 0 Å².